The molecule has 0 heterocycles. The molecule has 16 heavy (non-hydrogen) atoms. The van der Waals surface area contributed by atoms with Crippen LogP contribution in [0.15, 0.2) is 24.3 Å². The standard InChI is InChI=1S/C10H12N2O4/c1-16-10(13)7-11-6-8-3-2-4-9(5-8)12(14)15/h2-5,11H,6-7H2,1H3. The van der Waals surface area contributed by atoms with Crippen LogP contribution < -0.4 is 5.32 Å². The summed E-state index contributed by atoms with van der Waals surface area (Å²) in [6.45, 7) is 0.468. The number of ether oxygens (including phenoxy) is 1. The summed E-state index contributed by atoms with van der Waals surface area (Å²) in [7, 11) is 1.30. The summed E-state index contributed by atoms with van der Waals surface area (Å²) >= 11 is 0. The summed E-state index contributed by atoms with van der Waals surface area (Å²) in [6, 6.07) is 6.23. The number of nitrogens with one attached hydrogen (secondary N) is 1. The fraction of sp³-hybridized carbons (Fsp3) is 0.300. The third kappa shape index (κ3) is 3.66. The van der Waals surface area contributed by atoms with Crippen molar-refractivity contribution in [3.05, 3.63) is 39.9 Å². The lowest BCUT2D eigenvalue weighted by atomic mass is 10.2. The minimum atomic E-state index is -0.455. The van der Waals surface area contributed by atoms with Crippen LogP contribution in [0.25, 0.3) is 0 Å². The van der Waals surface area contributed by atoms with Gasteiger partial charge in [-0.15, -0.1) is 0 Å². The number of non-ortho nitro benzene ring substituents is 1. The van der Waals surface area contributed by atoms with Gasteiger partial charge in [0.1, 0.15) is 0 Å². The van der Waals surface area contributed by atoms with Crippen molar-refractivity contribution in [1.82, 2.24) is 5.32 Å². The fourth-order valence-electron chi connectivity index (χ4n) is 1.16. The number of hydrogen-bond acceptors (Lipinski definition) is 5. The SMILES string of the molecule is COC(=O)CNCc1cccc([N+](=O)[O-])c1. The summed E-state index contributed by atoms with van der Waals surface area (Å²) in [5.74, 6) is -0.370. The molecule has 1 rings (SSSR count). The molecule has 0 fully saturated rings. The Morgan fingerprint density at radius 2 is 2.31 bits per heavy atom. The normalized spacial score (nSPS) is 9.81. The Labute approximate surface area is 92.4 Å². The van der Waals surface area contributed by atoms with E-state index in [-0.39, 0.29) is 18.2 Å². The highest BCUT2D eigenvalue weighted by molar-refractivity contribution is 5.71. The van der Waals surface area contributed by atoms with E-state index >= 15 is 0 Å². The number of esters is 1. The third-order valence-electron chi connectivity index (χ3n) is 1.95. The van der Waals surface area contributed by atoms with Crippen molar-refractivity contribution in [2.75, 3.05) is 13.7 Å². The van der Waals surface area contributed by atoms with Crippen molar-refractivity contribution in [3.63, 3.8) is 0 Å². The Morgan fingerprint density at radius 1 is 1.56 bits per heavy atom. The molecule has 0 spiro atoms. The van der Waals surface area contributed by atoms with Crippen molar-refractivity contribution in [2.45, 2.75) is 6.54 Å². The predicted octanol–water partition coefficient (Wildman–Crippen LogP) is 0.857. The molecule has 0 atom stereocenters. The number of nitrogens with zero attached hydrogens (tertiary/aromatic N) is 1. The number of nitro groups is 1. The molecule has 6 heteroatoms. The lowest BCUT2D eigenvalue weighted by Crippen LogP contribution is -2.23. The highest BCUT2D eigenvalue weighted by Gasteiger charge is 2.05. The van der Waals surface area contributed by atoms with Crippen LogP contribution in [-0.2, 0) is 16.1 Å². The summed E-state index contributed by atoms with van der Waals surface area (Å²) in [5.41, 5.74) is 0.787. The molecule has 0 aromatic heterocycles. The Kier molecular flexibility index (Phi) is 4.41. The van der Waals surface area contributed by atoms with Crippen molar-refractivity contribution >= 4 is 11.7 Å². The molecule has 6 nitrogen and oxygen atoms in total. The van der Waals surface area contributed by atoms with Crippen molar-refractivity contribution in [3.8, 4) is 0 Å². The van der Waals surface area contributed by atoms with E-state index in [0.29, 0.717) is 6.54 Å². The first-order valence-corrected chi connectivity index (χ1v) is 4.64. The molecular formula is C10H12N2O4. The largest absolute Gasteiger partial charge is 0.468 e. The zero-order chi connectivity index (χ0) is 12.0. The number of methoxy groups -OCH3 is 1. The van der Waals surface area contributed by atoms with Crippen LogP contribution in [0.2, 0.25) is 0 Å². The molecule has 0 bridgehead atoms. The van der Waals surface area contributed by atoms with E-state index in [9.17, 15) is 14.9 Å². The Balaban J connectivity index is 2.51. The van der Waals surface area contributed by atoms with Gasteiger partial charge >= 0.3 is 5.97 Å². The average molecular weight is 224 g/mol. The maximum atomic E-state index is 10.8. The zero-order valence-corrected chi connectivity index (χ0v) is 8.80. The van der Waals surface area contributed by atoms with Crippen molar-refractivity contribution < 1.29 is 14.5 Å². The van der Waals surface area contributed by atoms with Gasteiger partial charge in [0.25, 0.3) is 5.69 Å². The molecule has 0 unspecified atom stereocenters. The van der Waals surface area contributed by atoms with Crippen LogP contribution in [0, 0.1) is 10.1 Å². The highest BCUT2D eigenvalue weighted by atomic mass is 16.6. The van der Waals surface area contributed by atoms with Gasteiger partial charge in [0.2, 0.25) is 0 Å². The summed E-state index contributed by atoms with van der Waals surface area (Å²) in [4.78, 5) is 20.8. The van der Waals surface area contributed by atoms with Crippen molar-refractivity contribution in [1.29, 1.82) is 0 Å². The number of benzene rings is 1. The molecule has 0 saturated carbocycles. The summed E-state index contributed by atoms with van der Waals surface area (Å²) < 4.78 is 4.44. The van der Waals surface area contributed by atoms with Crippen LogP contribution in [-0.4, -0.2) is 24.5 Å². The van der Waals surface area contributed by atoms with E-state index in [1.54, 1.807) is 12.1 Å². The van der Waals surface area contributed by atoms with E-state index in [1.165, 1.54) is 19.2 Å². The van der Waals surface area contributed by atoms with Gasteiger partial charge < -0.3 is 10.1 Å². The first-order valence-electron chi connectivity index (χ1n) is 4.64. The van der Waals surface area contributed by atoms with Crippen LogP contribution in [0.4, 0.5) is 5.69 Å². The zero-order valence-electron chi connectivity index (χ0n) is 8.80. The minimum Gasteiger partial charge on any atom is -0.468 e. The first-order chi connectivity index (χ1) is 7.63. The Hall–Kier alpha value is -1.95. The van der Waals surface area contributed by atoms with Gasteiger partial charge in [-0.2, -0.15) is 0 Å². The van der Waals surface area contributed by atoms with E-state index < -0.39 is 4.92 Å². The Bertz CT molecular complexity index is 392. The van der Waals surface area contributed by atoms with Crippen LogP contribution in [0.5, 0.6) is 0 Å². The second kappa shape index (κ2) is 5.82. The van der Waals surface area contributed by atoms with Crippen molar-refractivity contribution in [2.24, 2.45) is 0 Å². The maximum Gasteiger partial charge on any atom is 0.319 e. The Morgan fingerprint density at radius 3 is 2.94 bits per heavy atom. The van der Waals surface area contributed by atoms with Gasteiger partial charge in [-0.25, -0.2) is 0 Å². The van der Waals surface area contributed by atoms with Gasteiger partial charge in [-0.3, -0.25) is 14.9 Å². The van der Waals surface area contributed by atoms with Gasteiger partial charge in [-0.05, 0) is 5.56 Å². The molecule has 0 saturated heterocycles. The van der Waals surface area contributed by atoms with Gasteiger partial charge in [0.05, 0.1) is 18.6 Å². The number of carbonyl (C=O) groups is 1. The number of hydrogen-bond donors (Lipinski definition) is 1. The number of carbonyl (C=O) groups excluding carboxylic acids is 1. The molecule has 1 aromatic rings. The number of nitro benzene ring substituents is 1. The lowest BCUT2D eigenvalue weighted by Gasteiger charge is -2.03. The molecule has 1 aromatic carbocycles. The fourth-order valence-corrected chi connectivity index (χ4v) is 1.16. The molecule has 0 amide bonds. The molecule has 0 aliphatic heterocycles. The quantitative estimate of drug-likeness (QED) is 0.455. The van der Waals surface area contributed by atoms with Crippen LogP contribution in [0.3, 0.4) is 0 Å². The molecule has 0 radical (unpaired) electrons. The first kappa shape index (κ1) is 12.1. The van der Waals surface area contributed by atoms with E-state index in [0.717, 1.165) is 5.56 Å². The smallest absolute Gasteiger partial charge is 0.319 e. The van der Waals surface area contributed by atoms with Crippen LogP contribution in [0.1, 0.15) is 5.56 Å². The second-order valence-electron chi connectivity index (χ2n) is 3.11. The highest BCUT2D eigenvalue weighted by Crippen LogP contribution is 2.12. The lowest BCUT2D eigenvalue weighted by molar-refractivity contribution is -0.384. The average Bonchev–Trinajstić information content (AvgIpc) is 2.29. The maximum absolute atomic E-state index is 10.8. The van der Waals surface area contributed by atoms with E-state index in [2.05, 4.69) is 10.1 Å². The van der Waals surface area contributed by atoms with Gasteiger partial charge in [0, 0.05) is 18.7 Å². The molecule has 1 N–H and O–H groups in total. The van der Waals surface area contributed by atoms with Gasteiger partial charge in [-0.1, -0.05) is 12.1 Å². The molecule has 0 aliphatic carbocycles. The van der Waals surface area contributed by atoms with Crippen LogP contribution >= 0.6 is 0 Å². The number of rotatable bonds is 5. The second-order valence-corrected chi connectivity index (χ2v) is 3.11. The summed E-state index contributed by atoms with van der Waals surface area (Å²) in [6.07, 6.45) is 0. The molecular weight excluding hydrogens is 212 g/mol. The molecule has 0 aliphatic rings. The minimum absolute atomic E-state index is 0.0392. The molecule has 86 valence electrons. The monoisotopic (exact) mass is 224 g/mol. The van der Waals surface area contributed by atoms with Gasteiger partial charge in [0.15, 0.2) is 0 Å². The van der Waals surface area contributed by atoms with E-state index in [1.807, 2.05) is 0 Å². The predicted molar refractivity (Wildman–Crippen MR) is 56.8 cm³/mol. The third-order valence-corrected chi connectivity index (χ3v) is 1.95. The topological polar surface area (TPSA) is 81.5 Å². The van der Waals surface area contributed by atoms with E-state index in [4.69, 9.17) is 0 Å². The summed E-state index contributed by atoms with van der Waals surface area (Å²) in [5, 5.41) is 13.3.